The Balaban J connectivity index is 1.97. The van der Waals surface area contributed by atoms with Crippen LogP contribution in [0.3, 0.4) is 0 Å². The lowest BCUT2D eigenvalue weighted by atomic mass is 10.1. The maximum absolute atomic E-state index is 10.1. The molecule has 7 heteroatoms. The van der Waals surface area contributed by atoms with Crippen molar-refractivity contribution in [2.75, 3.05) is 18.6 Å². The topological polar surface area (TPSA) is 75.9 Å². The summed E-state index contributed by atoms with van der Waals surface area (Å²) < 4.78 is 1.69. The van der Waals surface area contributed by atoms with Gasteiger partial charge in [0.25, 0.3) is 0 Å². The van der Waals surface area contributed by atoms with E-state index in [1.54, 1.807) is 16.4 Å². The Labute approximate surface area is 122 Å². The van der Waals surface area contributed by atoms with Crippen molar-refractivity contribution >= 4 is 11.8 Å². The van der Waals surface area contributed by atoms with Gasteiger partial charge >= 0.3 is 0 Å². The molecule has 108 valence electrons. The third-order valence-electron chi connectivity index (χ3n) is 2.78. The number of tetrazole rings is 1. The van der Waals surface area contributed by atoms with Gasteiger partial charge in [-0.1, -0.05) is 18.2 Å². The number of nitrogens with zero attached hydrogens (tertiary/aromatic N) is 4. The van der Waals surface area contributed by atoms with E-state index < -0.39 is 5.60 Å². The van der Waals surface area contributed by atoms with Gasteiger partial charge < -0.3 is 10.4 Å². The summed E-state index contributed by atoms with van der Waals surface area (Å²) in [5.74, 6) is 1.40. The number of nitrogens with one attached hydrogen (secondary N) is 1. The van der Waals surface area contributed by atoms with Crippen LogP contribution in [0.15, 0.2) is 30.3 Å². The lowest BCUT2D eigenvalue weighted by Crippen LogP contribution is -2.40. The average molecular weight is 293 g/mol. The molecule has 6 nitrogen and oxygen atoms in total. The molecule has 0 bridgehead atoms. The van der Waals surface area contributed by atoms with Gasteiger partial charge in [-0.05, 0) is 35.7 Å². The molecule has 1 atom stereocenters. The molecule has 0 aliphatic rings. The molecular weight excluding hydrogens is 274 g/mol. The molecule has 2 aromatic rings. The summed E-state index contributed by atoms with van der Waals surface area (Å²) in [5.41, 5.74) is 0.190. The molecule has 0 aliphatic heterocycles. The quantitative estimate of drug-likeness (QED) is 0.789. The van der Waals surface area contributed by atoms with Crippen LogP contribution in [-0.4, -0.2) is 49.5 Å². The van der Waals surface area contributed by atoms with Crippen LogP contribution in [0.1, 0.15) is 12.7 Å². The fraction of sp³-hybridized carbons (Fsp3) is 0.462. The fourth-order valence-corrected chi connectivity index (χ4v) is 2.62. The molecule has 0 spiro atoms. The van der Waals surface area contributed by atoms with Gasteiger partial charge in [-0.15, -0.1) is 5.10 Å². The number of benzene rings is 1. The molecule has 0 saturated carbocycles. The molecular formula is C13H19N5OS. The van der Waals surface area contributed by atoms with Crippen molar-refractivity contribution in [1.29, 1.82) is 0 Å². The highest BCUT2D eigenvalue weighted by Gasteiger charge is 2.19. The first-order valence-electron chi connectivity index (χ1n) is 6.37. The number of rotatable bonds is 7. The van der Waals surface area contributed by atoms with E-state index >= 15 is 0 Å². The summed E-state index contributed by atoms with van der Waals surface area (Å²) in [5, 5.41) is 25.0. The molecule has 0 radical (unpaired) electrons. The molecule has 2 rings (SSSR count). The molecule has 2 N–H and O–H groups in total. The van der Waals surface area contributed by atoms with Crippen molar-refractivity contribution in [2.45, 2.75) is 19.1 Å². The molecule has 1 heterocycles. The molecule has 0 aliphatic carbocycles. The standard InChI is InChI=1S/C13H19N5OS/c1-13(19,10-20-2)9-14-8-12-15-16-17-18(12)11-6-4-3-5-7-11/h3-7,14,19H,8-10H2,1-2H3. The largest absolute Gasteiger partial charge is 0.388 e. The van der Waals surface area contributed by atoms with Crippen LogP contribution in [0.4, 0.5) is 0 Å². The zero-order valence-electron chi connectivity index (χ0n) is 11.7. The first kappa shape index (κ1) is 15.0. The van der Waals surface area contributed by atoms with Gasteiger partial charge in [-0.25, -0.2) is 0 Å². The number of para-hydroxylation sites is 1. The average Bonchev–Trinajstić information content (AvgIpc) is 2.88. The number of aliphatic hydroxyl groups is 1. The molecule has 1 aromatic heterocycles. The van der Waals surface area contributed by atoms with Crippen LogP contribution in [0.25, 0.3) is 5.69 Å². The Kier molecular flexibility index (Phi) is 5.11. The Morgan fingerprint density at radius 3 is 2.80 bits per heavy atom. The van der Waals surface area contributed by atoms with Crippen LogP contribution < -0.4 is 5.32 Å². The van der Waals surface area contributed by atoms with Crippen LogP contribution >= 0.6 is 11.8 Å². The molecule has 1 aromatic carbocycles. The Bertz CT molecular complexity index is 529. The van der Waals surface area contributed by atoms with Crippen LogP contribution in [0.5, 0.6) is 0 Å². The van der Waals surface area contributed by atoms with Gasteiger partial charge in [0, 0.05) is 12.3 Å². The van der Waals surface area contributed by atoms with Crippen molar-refractivity contribution in [1.82, 2.24) is 25.5 Å². The van der Waals surface area contributed by atoms with E-state index in [-0.39, 0.29) is 0 Å². The van der Waals surface area contributed by atoms with E-state index in [1.807, 2.05) is 43.5 Å². The van der Waals surface area contributed by atoms with Crippen molar-refractivity contribution in [3.8, 4) is 5.69 Å². The summed E-state index contributed by atoms with van der Waals surface area (Å²) in [6.45, 7) is 2.82. The van der Waals surface area contributed by atoms with E-state index in [0.717, 1.165) is 11.5 Å². The van der Waals surface area contributed by atoms with Gasteiger partial charge in [0.05, 0.1) is 17.8 Å². The lowest BCUT2D eigenvalue weighted by molar-refractivity contribution is 0.0843. The van der Waals surface area contributed by atoms with Gasteiger partial charge in [-0.2, -0.15) is 16.4 Å². The third kappa shape index (κ3) is 4.03. The minimum atomic E-state index is -0.732. The van der Waals surface area contributed by atoms with Gasteiger partial charge in [0.2, 0.25) is 0 Å². The number of hydrogen-bond donors (Lipinski definition) is 2. The number of thioether (sulfide) groups is 1. The Morgan fingerprint density at radius 2 is 2.10 bits per heavy atom. The summed E-state index contributed by atoms with van der Waals surface area (Å²) in [6, 6.07) is 9.73. The minimum absolute atomic E-state index is 0.496. The normalized spacial score (nSPS) is 14.2. The molecule has 0 amide bonds. The Morgan fingerprint density at radius 1 is 1.35 bits per heavy atom. The van der Waals surface area contributed by atoms with Crippen molar-refractivity contribution in [3.05, 3.63) is 36.2 Å². The van der Waals surface area contributed by atoms with Crippen molar-refractivity contribution in [2.24, 2.45) is 0 Å². The maximum atomic E-state index is 10.1. The molecule has 1 unspecified atom stereocenters. The van der Waals surface area contributed by atoms with Crippen molar-refractivity contribution in [3.63, 3.8) is 0 Å². The summed E-state index contributed by atoms with van der Waals surface area (Å²) in [7, 11) is 0. The Hall–Kier alpha value is -1.44. The third-order valence-corrected chi connectivity index (χ3v) is 3.69. The van der Waals surface area contributed by atoms with Crippen molar-refractivity contribution < 1.29 is 5.11 Å². The second kappa shape index (κ2) is 6.83. The molecule has 0 saturated heterocycles. The summed E-state index contributed by atoms with van der Waals surface area (Å²) in [6.07, 6.45) is 1.98. The van der Waals surface area contributed by atoms with Gasteiger partial charge in [0.15, 0.2) is 5.82 Å². The zero-order valence-corrected chi connectivity index (χ0v) is 12.5. The molecule has 0 fully saturated rings. The second-order valence-electron chi connectivity index (χ2n) is 4.88. The van der Waals surface area contributed by atoms with Gasteiger partial charge in [0.1, 0.15) is 0 Å². The van der Waals surface area contributed by atoms with E-state index in [9.17, 15) is 5.11 Å². The first-order valence-corrected chi connectivity index (χ1v) is 7.76. The summed E-state index contributed by atoms with van der Waals surface area (Å²) in [4.78, 5) is 0. The van der Waals surface area contributed by atoms with E-state index in [4.69, 9.17) is 0 Å². The highest BCUT2D eigenvalue weighted by Crippen LogP contribution is 2.10. The number of hydrogen-bond acceptors (Lipinski definition) is 6. The monoisotopic (exact) mass is 293 g/mol. The fourth-order valence-electron chi connectivity index (χ4n) is 1.89. The summed E-state index contributed by atoms with van der Waals surface area (Å²) >= 11 is 1.62. The smallest absolute Gasteiger partial charge is 0.170 e. The SMILES string of the molecule is CSCC(C)(O)CNCc1nnnn1-c1ccccc1. The highest BCUT2D eigenvalue weighted by molar-refractivity contribution is 7.98. The lowest BCUT2D eigenvalue weighted by Gasteiger charge is -2.22. The van der Waals surface area contributed by atoms with Crippen LogP contribution in [0, 0.1) is 0 Å². The van der Waals surface area contributed by atoms with Crippen LogP contribution in [0.2, 0.25) is 0 Å². The predicted molar refractivity (Wildman–Crippen MR) is 79.9 cm³/mol. The first-order chi connectivity index (χ1) is 9.62. The van der Waals surface area contributed by atoms with E-state index in [2.05, 4.69) is 20.8 Å². The van der Waals surface area contributed by atoms with E-state index in [1.165, 1.54) is 0 Å². The highest BCUT2D eigenvalue weighted by atomic mass is 32.2. The maximum Gasteiger partial charge on any atom is 0.170 e. The van der Waals surface area contributed by atoms with Gasteiger partial charge in [-0.3, -0.25) is 0 Å². The molecule has 20 heavy (non-hydrogen) atoms. The minimum Gasteiger partial charge on any atom is -0.388 e. The second-order valence-corrected chi connectivity index (χ2v) is 5.74. The predicted octanol–water partition coefficient (Wildman–Crippen LogP) is 0.866. The van der Waals surface area contributed by atoms with Crippen LogP contribution in [-0.2, 0) is 6.54 Å². The number of aromatic nitrogens is 4. The zero-order chi connectivity index (χ0) is 14.4. The van der Waals surface area contributed by atoms with E-state index in [0.29, 0.717) is 18.8 Å².